The third-order valence-corrected chi connectivity index (χ3v) is 5.50. The van der Waals surface area contributed by atoms with E-state index in [1.165, 1.54) is 32.4 Å². The predicted octanol–water partition coefficient (Wildman–Crippen LogP) is 6.36. The summed E-state index contributed by atoms with van der Waals surface area (Å²) < 4.78 is 5.45. The summed E-state index contributed by atoms with van der Waals surface area (Å²) in [6.07, 6.45) is 4.83. The zero-order valence-corrected chi connectivity index (χ0v) is 18.6. The Morgan fingerprint density at radius 1 is 0.931 bits per heavy atom. The van der Waals surface area contributed by atoms with Crippen LogP contribution >= 0.6 is 11.6 Å². The van der Waals surface area contributed by atoms with Gasteiger partial charge < -0.3 is 15.0 Å². The second-order valence-electron chi connectivity index (χ2n) is 7.51. The van der Waals surface area contributed by atoms with Crippen molar-refractivity contribution in [2.45, 2.75) is 39.5 Å². The van der Waals surface area contributed by atoms with Gasteiger partial charge in [-0.2, -0.15) is 0 Å². The molecular formula is C24H32ClN3O. The largest absolute Gasteiger partial charge is 0.497 e. The molecule has 0 fully saturated rings. The highest BCUT2D eigenvalue weighted by Gasteiger charge is 2.11. The maximum absolute atomic E-state index is 6.22. The molecule has 4 nitrogen and oxygen atoms in total. The molecule has 29 heavy (non-hydrogen) atoms. The highest BCUT2D eigenvalue weighted by Crippen LogP contribution is 2.34. The normalized spacial score (nSPS) is 11.5. The first-order valence-electron chi connectivity index (χ1n) is 10.7. The van der Waals surface area contributed by atoms with Crippen LogP contribution in [-0.4, -0.2) is 43.2 Å². The van der Waals surface area contributed by atoms with Crippen LogP contribution in [0.5, 0.6) is 5.75 Å². The first-order chi connectivity index (χ1) is 14.2. The fourth-order valence-corrected chi connectivity index (χ4v) is 3.93. The highest BCUT2D eigenvalue weighted by atomic mass is 35.5. The number of hydrogen-bond donors (Lipinski definition) is 1. The van der Waals surface area contributed by atoms with Gasteiger partial charge in [0.2, 0.25) is 0 Å². The van der Waals surface area contributed by atoms with Crippen molar-refractivity contribution in [1.29, 1.82) is 0 Å². The molecule has 3 rings (SSSR count). The molecule has 0 spiro atoms. The SMILES string of the molecule is CCCCN(CCC)CCCNc1c2ccc(Cl)cc2nc2ccc(OC)cc12. The van der Waals surface area contributed by atoms with E-state index in [1.807, 2.05) is 24.3 Å². The summed E-state index contributed by atoms with van der Waals surface area (Å²) in [4.78, 5) is 7.38. The molecule has 0 bridgehead atoms. The second-order valence-corrected chi connectivity index (χ2v) is 7.94. The number of fused-ring (bicyclic) bond motifs is 2. The van der Waals surface area contributed by atoms with E-state index < -0.39 is 0 Å². The quantitative estimate of drug-likeness (QED) is 0.293. The third kappa shape index (κ3) is 5.52. The summed E-state index contributed by atoms with van der Waals surface area (Å²) in [5.74, 6) is 0.837. The number of ether oxygens (including phenoxy) is 1. The molecule has 0 amide bonds. The maximum Gasteiger partial charge on any atom is 0.119 e. The zero-order valence-electron chi connectivity index (χ0n) is 17.8. The van der Waals surface area contributed by atoms with Gasteiger partial charge in [-0.3, -0.25) is 0 Å². The monoisotopic (exact) mass is 413 g/mol. The lowest BCUT2D eigenvalue weighted by Gasteiger charge is -2.22. The molecule has 0 aliphatic carbocycles. The molecule has 1 heterocycles. The third-order valence-electron chi connectivity index (χ3n) is 5.26. The molecule has 0 unspecified atom stereocenters. The number of rotatable bonds is 11. The van der Waals surface area contributed by atoms with Crippen molar-refractivity contribution < 1.29 is 4.74 Å². The van der Waals surface area contributed by atoms with Crippen LogP contribution in [0, 0.1) is 0 Å². The summed E-state index contributed by atoms with van der Waals surface area (Å²) in [7, 11) is 1.70. The topological polar surface area (TPSA) is 37.4 Å². The Morgan fingerprint density at radius 3 is 2.52 bits per heavy atom. The van der Waals surface area contributed by atoms with Crippen molar-refractivity contribution in [2.75, 3.05) is 38.6 Å². The van der Waals surface area contributed by atoms with E-state index in [1.54, 1.807) is 7.11 Å². The molecule has 0 aliphatic heterocycles. The van der Waals surface area contributed by atoms with Gasteiger partial charge in [0.1, 0.15) is 5.75 Å². The molecule has 0 saturated heterocycles. The number of pyridine rings is 1. The van der Waals surface area contributed by atoms with Gasteiger partial charge in [-0.1, -0.05) is 31.9 Å². The van der Waals surface area contributed by atoms with Crippen LogP contribution < -0.4 is 10.1 Å². The Kier molecular flexibility index (Phi) is 7.96. The number of nitrogens with zero attached hydrogens (tertiary/aromatic N) is 2. The standard InChI is InChI=1S/C24H32ClN3O/c1-4-6-14-28(13-5-2)15-7-12-26-24-20-10-8-18(25)16-23(20)27-22-11-9-19(29-3)17-21(22)24/h8-11,16-17H,4-7,12-15H2,1-3H3,(H,26,27). The van der Waals surface area contributed by atoms with E-state index in [4.69, 9.17) is 21.3 Å². The molecule has 0 radical (unpaired) electrons. The molecule has 5 heteroatoms. The number of hydrogen-bond acceptors (Lipinski definition) is 4. The van der Waals surface area contributed by atoms with Crippen molar-refractivity contribution in [3.05, 3.63) is 41.4 Å². The second kappa shape index (κ2) is 10.7. The number of unbranched alkanes of at least 4 members (excludes halogenated alkanes) is 1. The van der Waals surface area contributed by atoms with E-state index in [0.717, 1.165) is 52.8 Å². The van der Waals surface area contributed by atoms with Crippen molar-refractivity contribution >= 4 is 39.1 Å². The van der Waals surface area contributed by atoms with Crippen molar-refractivity contribution in [1.82, 2.24) is 9.88 Å². The Balaban J connectivity index is 1.82. The van der Waals surface area contributed by atoms with Gasteiger partial charge in [-0.25, -0.2) is 4.98 Å². The average Bonchev–Trinajstić information content (AvgIpc) is 2.73. The average molecular weight is 414 g/mol. The number of halogens is 1. The van der Waals surface area contributed by atoms with Gasteiger partial charge in [0.05, 0.1) is 23.8 Å². The number of anilines is 1. The van der Waals surface area contributed by atoms with Crippen LogP contribution in [0.4, 0.5) is 5.69 Å². The molecular weight excluding hydrogens is 382 g/mol. The van der Waals surface area contributed by atoms with Crippen LogP contribution in [0.25, 0.3) is 21.8 Å². The Morgan fingerprint density at radius 2 is 1.76 bits per heavy atom. The lowest BCUT2D eigenvalue weighted by Crippen LogP contribution is -2.28. The van der Waals surface area contributed by atoms with Crippen molar-refractivity contribution in [3.63, 3.8) is 0 Å². The molecule has 3 aromatic rings. The van der Waals surface area contributed by atoms with Crippen molar-refractivity contribution in [3.8, 4) is 5.75 Å². The summed E-state index contributed by atoms with van der Waals surface area (Å²) in [6.45, 7) is 8.92. The number of benzene rings is 2. The van der Waals surface area contributed by atoms with Crippen LogP contribution in [-0.2, 0) is 0 Å². The minimum absolute atomic E-state index is 0.704. The lowest BCUT2D eigenvalue weighted by molar-refractivity contribution is 0.269. The summed E-state index contributed by atoms with van der Waals surface area (Å²) in [5.41, 5.74) is 2.96. The van der Waals surface area contributed by atoms with E-state index in [9.17, 15) is 0 Å². The number of aromatic nitrogens is 1. The van der Waals surface area contributed by atoms with Gasteiger partial charge in [-0.15, -0.1) is 0 Å². The molecule has 0 atom stereocenters. The highest BCUT2D eigenvalue weighted by molar-refractivity contribution is 6.31. The van der Waals surface area contributed by atoms with Gasteiger partial charge in [0.15, 0.2) is 0 Å². The number of methoxy groups -OCH3 is 1. The maximum atomic E-state index is 6.22. The Bertz CT molecular complexity index is 944. The molecule has 0 aliphatic rings. The summed E-state index contributed by atoms with van der Waals surface area (Å²) >= 11 is 6.22. The smallest absolute Gasteiger partial charge is 0.119 e. The lowest BCUT2D eigenvalue weighted by atomic mass is 10.1. The fraction of sp³-hybridized carbons (Fsp3) is 0.458. The molecule has 156 valence electrons. The van der Waals surface area contributed by atoms with Gasteiger partial charge in [0.25, 0.3) is 0 Å². The Hall–Kier alpha value is -2.04. The van der Waals surface area contributed by atoms with Crippen LogP contribution in [0.1, 0.15) is 39.5 Å². The van der Waals surface area contributed by atoms with Crippen LogP contribution in [0.3, 0.4) is 0 Å². The minimum Gasteiger partial charge on any atom is -0.497 e. The molecule has 1 aromatic heterocycles. The first-order valence-corrected chi connectivity index (χ1v) is 11.1. The van der Waals surface area contributed by atoms with Gasteiger partial charge in [-0.05, 0) is 75.3 Å². The molecule has 0 saturated carbocycles. The fourth-order valence-electron chi connectivity index (χ4n) is 3.76. The van der Waals surface area contributed by atoms with Gasteiger partial charge >= 0.3 is 0 Å². The van der Waals surface area contributed by atoms with Crippen molar-refractivity contribution in [2.24, 2.45) is 0 Å². The first kappa shape index (κ1) is 21.7. The van der Waals surface area contributed by atoms with Crippen LogP contribution in [0.2, 0.25) is 5.02 Å². The van der Waals surface area contributed by atoms with E-state index in [2.05, 4.69) is 36.2 Å². The van der Waals surface area contributed by atoms with Crippen LogP contribution in [0.15, 0.2) is 36.4 Å². The van der Waals surface area contributed by atoms with E-state index in [0.29, 0.717) is 5.02 Å². The molecule has 2 aromatic carbocycles. The zero-order chi connectivity index (χ0) is 20.6. The van der Waals surface area contributed by atoms with E-state index in [-0.39, 0.29) is 0 Å². The summed E-state index contributed by atoms with van der Waals surface area (Å²) in [6, 6.07) is 11.9. The van der Waals surface area contributed by atoms with Gasteiger partial charge in [0, 0.05) is 22.3 Å². The Labute approximate surface area is 179 Å². The van der Waals surface area contributed by atoms with E-state index >= 15 is 0 Å². The minimum atomic E-state index is 0.704. The predicted molar refractivity (Wildman–Crippen MR) is 126 cm³/mol. The summed E-state index contributed by atoms with van der Waals surface area (Å²) in [5, 5.41) is 6.56. The number of nitrogens with one attached hydrogen (secondary N) is 1. The molecule has 1 N–H and O–H groups in total.